The molecule has 0 aliphatic rings. The smallest absolute Gasteiger partial charge is 0.294 e. The van der Waals surface area contributed by atoms with Gasteiger partial charge in [0, 0.05) is 18.1 Å². The van der Waals surface area contributed by atoms with Crippen molar-refractivity contribution < 1.29 is 0 Å². The number of para-hydroxylation sites is 3. The molecule has 2 heterocycles. The second-order valence-electron chi connectivity index (χ2n) is 4.60. The van der Waals surface area contributed by atoms with Crippen molar-refractivity contribution in [3.63, 3.8) is 0 Å². The first-order valence-electron chi connectivity index (χ1n) is 6.38. The van der Waals surface area contributed by atoms with Gasteiger partial charge in [0.1, 0.15) is 0 Å². The highest BCUT2D eigenvalue weighted by Gasteiger charge is 2.09. The molecule has 2 aromatic carbocycles. The Morgan fingerprint density at radius 3 is 2.45 bits per heavy atom. The molecule has 4 nitrogen and oxygen atoms in total. The molecule has 0 saturated heterocycles. The molecular weight excluding hydrogens is 250 g/mol. The summed E-state index contributed by atoms with van der Waals surface area (Å²) in [5.74, 6) is 0. The Labute approximate surface area is 114 Å². The quantitative estimate of drug-likeness (QED) is 0.528. The average Bonchev–Trinajstić information content (AvgIpc) is 2.88. The number of nitrogens with zero attached hydrogens (tertiary/aromatic N) is 3. The first-order valence-corrected chi connectivity index (χ1v) is 6.38. The van der Waals surface area contributed by atoms with E-state index in [0.29, 0.717) is 5.65 Å². The molecule has 96 valence electrons. The van der Waals surface area contributed by atoms with Crippen LogP contribution in [0.5, 0.6) is 0 Å². The summed E-state index contributed by atoms with van der Waals surface area (Å²) in [5, 5.41) is 0. The van der Waals surface area contributed by atoms with E-state index in [4.69, 9.17) is 0 Å². The lowest BCUT2D eigenvalue weighted by atomic mass is 10.3. The molecule has 0 N–H and O–H groups in total. The molecule has 0 bridgehead atoms. The first kappa shape index (κ1) is 11.0. The van der Waals surface area contributed by atoms with Crippen LogP contribution in [0.1, 0.15) is 0 Å². The zero-order valence-corrected chi connectivity index (χ0v) is 10.6. The SMILES string of the molecule is O=c1c2nc3ccccc3n2ccn1-c1ccccc1. The van der Waals surface area contributed by atoms with Crippen LogP contribution in [0, 0.1) is 0 Å². The Kier molecular flexibility index (Phi) is 2.23. The van der Waals surface area contributed by atoms with Gasteiger partial charge >= 0.3 is 0 Å². The minimum Gasteiger partial charge on any atom is -0.294 e. The van der Waals surface area contributed by atoms with E-state index in [0.717, 1.165) is 16.7 Å². The number of hydrogen-bond acceptors (Lipinski definition) is 2. The summed E-state index contributed by atoms with van der Waals surface area (Å²) in [6, 6.07) is 17.3. The van der Waals surface area contributed by atoms with Crippen molar-refractivity contribution in [3.8, 4) is 5.69 Å². The van der Waals surface area contributed by atoms with Gasteiger partial charge in [0.2, 0.25) is 5.65 Å². The molecule has 0 spiro atoms. The van der Waals surface area contributed by atoms with E-state index in [-0.39, 0.29) is 5.56 Å². The third-order valence-electron chi connectivity index (χ3n) is 3.41. The normalized spacial score (nSPS) is 11.2. The molecule has 4 rings (SSSR count). The van der Waals surface area contributed by atoms with Crippen molar-refractivity contribution in [2.45, 2.75) is 0 Å². The van der Waals surface area contributed by atoms with Crippen molar-refractivity contribution in [2.75, 3.05) is 0 Å². The number of aromatic nitrogens is 3. The summed E-state index contributed by atoms with van der Waals surface area (Å²) in [7, 11) is 0. The van der Waals surface area contributed by atoms with Crippen LogP contribution in [0.2, 0.25) is 0 Å². The Morgan fingerprint density at radius 2 is 1.60 bits per heavy atom. The van der Waals surface area contributed by atoms with Crippen LogP contribution in [-0.2, 0) is 0 Å². The average molecular weight is 261 g/mol. The summed E-state index contributed by atoms with van der Waals surface area (Å²) in [6.07, 6.45) is 3.65. The number of fused-ring (bicyclic) bond motifs is 3. The van der Waals surface area contributed by atoms with Gasteiger partial charge in [-0.3, -0.25) is 13.8 Å². The maximum absolute atomic E-state index is 12.6. The molecule has 0 saturated carbocycles. The predicted molar refractivity (Wildman–Crippen MR) is 78.3 cm³/mol. The van der Waals surface area contributed by atoms with Gasteiger partial charge in [-0.05, 0) is 24.3 Å². The minimum absolute atomic E-state index is 0.116. The molecule has 4 aromatic rings. The molecule has 0 amide bonds. The predicted octanol–water partition coefficient (Wildman–Crippen LogP) is 2.64. The van der Waals surface area contributed by atoms with Crippen molar-refractivity contribution in [1.29, 1.82) is 0 Å². The summed E-state index contributed by atoms with van der Waals surface area (Å²) in [6.45, 7) is 0. The standard InChI is InChI=1S/C16H11N3O/c20-16-15-17-13-8-4-5-9-14(13)19(15)11-10-18(16)12-6-2-1-3-7-12/h1-11H. The van der Waals surface area contributed by atoms with E-state index in [1.54, 1.807) is 10.8 Å². The highest BCUT2D eigenvalue weighted by Crippen LogP contribution is 2.14. The van der Waals surface area contributed by atoms with Crippen molar-refractivity contribution in [2.24, 2.45) is 0 Å². The van der Waals surface area contributed by atoms with Gasteiger partial charge in [-0.15, -0.1) is 0 Å². The largest absolute Gasteiger partial charge is 0.298 e. The van der Waals surface area contributed by atoms with E-state index in [1.165, 1.54) is 0 Å². The fraction of sp³-hybridized carbons (Fsp3) is 0. The van der Waals surface area contributed by atoms with Crippen LogP contribution in [0.25, 0.3) is 22.4 Å². The van der Waals surface area contributed by atoms with Gasteiger partial charge in [-0.25, -0.2) is 4.98 Å². The molecule has 0 radical (unpaired) electrons. The maximum atomic E-state index is 12.6. The van der Waals surface area contributed by atoms with Gasteiger partial charge in [-0.2, -0.15) is 0 Å². The van der Waals surface area contributed by atoms with Crippen molar-refractivity contribution in [1.82, 2.24) is 14.0 Å². The summed E-state index contributed by atoms with van der Waals surface area (Å²) in [5.41, 5.74) is 2.94. The van der Waals surface area contributed by atoms with Crippen molar-refractivity contribution in [3.05, 3.63) is 77.3 Å². The first-order chi connectivity index (χ1) is 9.84. The van der Waals surface area contributed by atoms with Crippen LogP contribution in [-0.4, -0.2) is 14.0 Å². The van der Waals surface area contributed by atoms with Gasteiger partial charge < -0.3 is 0 Å². The number of rotatable bonds is 1. The third kappa shape index (κ3) is 1.48. The highest BCUT2D eigenvalue weighted by molar-refractivity contribution is 5.80. The lowest BCUT2D eigenvalue weighted by molar-refractivity contribution is 0.956. The molecular formula is C16H11N3O. The molecule has 0 atom stereocenters. The third-order valence-corrected chi connectivity index (χ3v) is 3.41. The van der Waals surface area contributed by atoms with Gasteiger partial charge in [-0.1, -0.05) is 30.3 Å². The Balaban J connectivity index is 2.10. The number of imidazole rings is 1. The zero-order chi connectivity index (χ0) is 13.5. The van der Waals surface area contributed by atoms with E-state index in [9.17, 15) is 4.79 Å². The van der Waals surface area contributed by atoms with E-state index < -0.39 is 0 Å². The summed E-state index contributed by atoms with van der Waals surface area (Å²) in [4.78, 5) is 17.0. The molecule has 0 aliphatic carbocycles. The Hall–Kier alpha value is -2.88. The molecule has 4 heteroatoms. The second-order valence-corrected chi connectivity index (χ2v) is 4.60. The highest BCUT2D eigenvalue weighted by atomic mass is 16.1. The van der Waals surface area contributed by atoms with Gasteiger partial charge in [0.15, 0.2) is 0 Å². The van der Waals surface area contributed by atoms with Gasteiger partial charge in [0.25, 0.3) is 5.56 Å². The minimum atomic E-state index is -0.116. The van der Waals surface area contributed by atoms with Crippen LogP contribution in [0.4, 0.5) is 0 Å². The second kappa shape index (κ2) is 4.06. The van der Waals surface area contributed by atoms with Crippen LogP contribution in [0.15, 0.2) is 71.8 Å². The zero-order valence-electron chi connectivity index (χ0n) is 10.6. The fourth-order valence-electron chi connectivity index (χ4n) is 2.45. The lowest BCUT2D eigenvalue weighted by Crippen LogP contribution is -2.19. The molecule has 0 aliphatic heterocycles. The Bertz CT molecular complexity index is 967. The van der Waals surface area contributed by atoms with E-state index in [1.807, 2.05) is 65.2 Å². The van der Waals surface area contributed by atoms with Crippen molar-refractivity contribution >= 4 is 16.7 Å². The number of benzene rings is 2. The molecule has 2 aromatic heterocycles. The van der Waals surface area contributed by atoms with Gasteiger partial charge in [0.05, 0.1) is 11.0 Å². The topological polar surface area (TPSA) is 39.3 Å². The monoisotopic (exact) mass is 261 g/mol. The van der Waals surface area contributed by atoms with E-state index >= 15 is 0 Å². The molecule has 0 unspecified atom stereocenters. The van der Waals surface area contributed by atoms with Crippen LogP contribution in [0.3, 0.4) is 0 Å². The van der Waals surface area contributed by atoms with E-state index in [2.05, 4.69) is 4.98 Å². The maximum Gasteiger partial charge on any atom is 0.298 e. The molecule has 0 fully saturated rings. The summed E-state index contributed by atoms with van der Waals surface area (Å²) < 4.78 is 3.44. The van der Waals surface area contributed by atoms with Crippen LogP contribution >= 0.6 is 0 Å². The lowest BCUT2D eigenvalue weighted by Gasteiger charge is -2.05. The van der Waals surface area contributed by atoms with Crippen LogP contribution < -0.4 is 5.56 Å². The Morgan fingerprint density at radius 1 is 0.850 bits per heavy atom. The fourth-order valence-corrected chi connectivity index (χ4v) is 2.45. The molecule has 20 heavy (non-hydrogen) atoms. The summed E-state index contributed by atoms with van der Waals surface area (Å²) >= 11 is 0. The number of hydrogen-bond donors (Lipinski definition) is 0.